The molecule has 456 valence electrons. The number of nitrogens with zero attached hydrogens (tertiary/aromatic N) is 12. The minimum absolute atomic E-state index is 0.0846. The molecule has 0 amide bonds. The summed E-state index contributed by atoms with van der Waals surface area (Å²) in [5.74, 6) is 5.83. The maximum atomic E-state index is 9.78. The van der Waals surface area contributed by atoms with Gasteiger partial charge in [0.25, 0.3) is 0 Å². The first-order valence-corrected chi connectivity index (χ1v) is 28.9. The van der Waals surface area contributed by atoms with Crippen LogP contribution >= 0.6 is 34.8 Å². The molecule has 3 atom stereocenters. The van der Waals surface area contributed by atoms with Crippen LogP contribution in [-0.2, 0) is 53.9 Å². The standard InChI is InChI=1S/C23H28N6O3.C12H15N3O3.C11H14ClN3O2.C6H4Cl2N2O.C5H11NO/c1-14-7-17(8-20(31-3)15(14)2)28-9-21(24-13-28)26-23-25-19-12-32-11-18(19)22(27-23)29-6-4-5-16(29)10-30;1-16-9-4-8(15-6-11(13)14-7-15)5-10(17-2)12(9)18-3;12-11-13-9-6-17-5-8(9)10(14-11)15-3-1-2-7(15)4-16;7-5-3-1-11-2-4(3)9-6(8)10-5;7-4-5-2-1-3-6-5/h7-9,13,16,30H,4-6,10-12H2,1-3H3,(H,25,26,27);4-7H,13H2,1-3H3;7,16H,1-6H2;1-2H2;5-7H,1-4H2/t16-;;7-;;5-/m0.0.0/s1. The van der Waals surface area contributed by atoms with Crippen molar-refractivity contribution in [2.45, 2.75) is 110 Å². The van der Waals surface area contributed by atoms with Gasteiger partial charge >= 0.3 is 0 Å². The molecule has 3 saturated heterocycles. The van der Waals surface area contributed by atoms with Crippen LogP contribution in [0.5, 0.6) is 23.0 Å². The van der Waals surface area contributed by atoms with Gasteiger partial charge in [-0.15, -0.1) is 0 Å². The lowest BCUT2D eigenvalue weighted by Gasteiger charge is -2.26. The summed E-state index contributed by atoms with van der Waals surface area (Å²) in [4.78, 5) is 38.5. The van der Waals surface area contributed by atoms with Gasteiger partial charge in [0.15, 0.2) is 17.3 Å². The zero-order valence-corrected chi connectivity index (χ0v) is 50.6. The molecular formula is C57H72Cl3N15O10. The van der Waals surface area contributed by atoms with E-state index in [0.29, 0.717) is 92.3 Å². The number of methoxy groups -OCH3 is 4. The first kappa shape index (κ1) is 62.6. The molecule has 0 unspecified atom stereocenters. The third-order valence-corrected chi connectivity index (χ3v) is 15.8. The molecule has 13 rings (SSSR count). The molecule has 0 radical (unpaired) electrons. The van der Waals surface area contributed by atoms with E-state index in [4.69, 9.17) is 83.8 Å². The predicted molar refractivity (Wildman–Crippen MR) is 320 cm³/mol. The molecule has 11 heterocycles. The van der Waals surface area contributed by atoms with Crippen molar-refractivity contribution in [1.29, 1.82) is 0 Å². The molecule has 25 nitrogen and oxygen atoms in total. The number of hydrogen-bond acceptors (Lipinski definition) is 23. The lowest BCUT2D eigenvalue weighted by Crippen LogP contribution is -2.33. The van der Waals surface area contributed by atoms with Gasteiger partial charge in [-0.05, 0) is 99.3 Å². The maximum Gasteiger partial charge on any atom is 0.230 e. The Balaban J connectivity index is 0.000000139. The highest BCUT2D eigenvalue weighted by Gasteiger charge is 2.32. The highest BCUT2D eigenvalue weighted by atomic mass is 35.5. The minimum Gasteiger partial charge on any atom is -0.496 e. The summed E-state index contributed by atoms with van der Waals surface area (Å²) < 4.78 is 41.2. The van der Waals surface area contributed by atoms with Crippen molar-refractivity contribution < 1.29 is 48.5 Å². The van der Waals surface area contributed by atoms with E-state index in [1.165, 1.54) is 6.42 Å². The Kier molecular flexibility index (Phi) is 21.7. The maximum absolute atomic E-state index is 9.78. The van der Waals surface area contributed by atoms with Crippen molar-refractivity contribution in [3.05, 3.63) is 110 Å². The number of nitrogens with one attached hydrogen (secondary N) is 2. The highest BCUT2D eigenvalue weighted by Crippen LogP contribution is 2.40. The first-order chi connectivity index (χ1) is 41.3. The SMILES string of the molecule is COc1cc(-n2cnc(N)c2)cc(OC)c1OC.COc1cc(-n2cnc(Nc3nc4c(c(N5CCC[C@H]5CO)n3)COC4)c2)cc(C)c1C.Clc1nc(Cl)c2c(n1)COC2.OC[C@@H]1CCCN1.OC[C@@H]1CCCN1c1nc(Cl)nc2c1COC2. The zero-order chi connectivity index (χ0) is 60.1. The van der Waals surface area contributed by atoms with Crippen molar-refractivity contribution in [3.8, 4) is 34.4 Å². The number of fused-ring (bicyclic) bond motifs is 3. The summed E-state index contributed by atoms with van der Waals surface area (Å²) in [7, 11) is 6.39. The number of halogens is 3. The molecule has 0 bridgehead atoms. The lowest BCUT2D eigenvalue weighted by atomic mass is 10.1. The second-order valence-corrected chi connectivity index (χ2v) is 21.5. The number of anilines is 5. The molecule has 2 aromatic carbocycles. The zero-order valence-electron chi connectivity index (χ0n) is 48.4. The van der Waals surface area contributed by atoms with Crippen molar-refractivity contribution in [2.75, 3.05) is 88.7 Å². The van der Waals surface area contributed by atoms with E-state index in [0.717, 1.165) is 125 Å². The van der Waals surface area contributed by atoms with E-state index in [1.54, 1.807) is 51.9 Å². The highest BCUT2D eigenvalue weighted by molar-refractivity contribution is 6.32. The second-order valence-electron chi connectivity index (χ2n) is 20.5. The van der Waals surface area contributed by atoms with Crippen LogP contribution < -0.4 is 45.1 Å². The van der Waals surface area contributed by atoms with Crippen LogP contribution in [0, 0.1) is 13.8 Å². The molecule has 85 heavy (non-hydrogen) atoms. The third-order valence-electron chi connectivity index (χ3n) is 15.2. The summed E-state index contributed by atoms with van der Waals surface area (Å²) in [5.41, 5.74) is 15.1. The Morgan fingerprint density at radius 2 is 1.15 bits per heavy atom. The van der Waals surface area contributed by atoms with Crippen LogP contribution in [0.25, 0.3) is 11.4 Å². The first-order valence-electron chi connectivity index (χ1n) is 27.8. The Bertz CT molecular complexity index is 3360. The molecule has 0 aliphatic carbocycles. The largest absolute Gasteiger partial charge is 0.496 e. The monoisotopic (exact) mass is 1230 g/mol. The number of aliphatic hydroxyl groups excluding tert-OH is 3. The van der Waals surface area contributed by atoms with Crippen molar-refractivity contribution >= 4 is 64.0 Å². The normalized spacial score (nSPS) is 18.0. The fourth-order valence-electron chi connectivity index (χ4n) is 10.6. The molecule has 28 heteroatoms. The smallest absolute Gasteiger partial charge is 0.230 e. The summed E-state index contributed by atoms with van der Waals surface area (Å²) in [6.45, 7) is 10.5. The summed E-state index contributed by atoms with van der Waals surface area (Å²) in [6.07, 6.45) is 13.4. The predicted octanol–water partition coefficient (Wildman–Crippen LogP) is 7.17. The summed E-state index contributed by atoms with van der Waals surface area (Å²) >= 11 is 17.3. The van der Waals surface area contributed by atoms with Gasteiger partial charge in [0.05, 0.1) is 141 Å². The molecule has 7 aromatic rings. The molecular weight excluding hydrogens is 1160 g/mol. The van der Waals surface area contributed by atoms with E-state index in [1.807, 2.05) is 35.9 Å². The van der Waals surface area contributed by atoms with Crippen LogP contribution in [0.3, 0.4) is 0 Å². The van der Waals surface area contributed by atoms with Crippen LogP contribution in [-0.4, -0.2) is 150 Å². The van der Waals surface area contributed by atoms with Crippen LogP contribution in [0.2, 0.25) is 15.7 Å². The number of aromatic nitrogens is 10. The van der Waals surface area contributed by atoms with E-state index in [2.05, 4.69) is 68.3 Å². The van der Waals surface area contributed by atoms with Gasteiger partial charge in [0, 0.05) is 54.0 Å². The molecule has 3 fully saturated rings. The number of rotatable bonds is 13. The lowest BCUT2D eigenvalue weighted by molar-refractivity contribution is 0.133. The molecule has 7 N–H and O–H groups in total. The van der Waals surface area contributed by atoms with E-state index in [9.17, 15) is 10.2 Å². The Morgan fingerprint density at radius 1 is 0.612 bits per heavy atom. The number of aliphatic hydroxyl groups is 3. The van der Waals surface area contributed by atoms with Gasteiger partial charge in [0.2, 0.25) is 22.3 Å². The van der Waals surface area contributed by atoms with E-state index < -0.39 is 0 Å². The summed E-state index contributed by atoms with van der Waals surface area (Å²) in [5, 5.41) is 34.9. The topological polar surface area (TPSA) is 295 Å². The fraction of sp³-hybridized carbons (Fsp3) is 0.474. The van der Waals surface area contributed by atoms with Gasteiger partial charge in [0.1, 0.15) is 41.0 Å². The van der Waals surface area contributed by atoms with Crippen molar-refractivity contribution in [3.63, 3.8) is 0 Å². The Hall–Kier alpha value is -6.91. The van der Waals surface area contributed by atoms with Crippen molar-refractivity contribution in [2.24, 2.45) is 0 Å². The average molecular weight is 1230 g/mol. The van der Waals surface area contributed by atoms with Gasteiger partial charge in [-0.1, -0.05) is 11.6 Å². The Morgan fingerprint density at radius 3 is 1.69 bits per heavy atom. The Labute approximate surface area is 507 Å². The van der Waals surface area contributed by atoms with E-state index >= 15 is 0 Å². The number of nitrogen functional groups attached to an aromatic ring is 1. The van der Waals surface area contributed by atoms with Gasteiger partial charge < -0.3 is 83.8 Å². The van der Waals surface area contributed by atoms with Crippen molar-refractivity contribution in [1.82, 2.24) is 54.3 Å². The van der Waals surface area contributed by atoms with Gasteiger partial charge in [-0.2, -0.15) is 4.98 Å². The average Bonchev–Trinajstić information content (AvgIpc) is 3.66. The number of aryl methyl sites for hydroxylation is 1. The van der Waals surface area contributed by atoms with Crippen LogP contribution in [0.1, 0.15) is 83.4 Å². The third kappa shape index (κ3) is 15.0. The number of hydrogen-bond donors (Lipinski definition) is 6. The second kappa shape index (κ2) is 29.5. The number of ether oxygens (including phenoxy) is 7. The molecule has 6 aliphatic rings. The molecule has 0 spiro atoms. The molecule has 6 aliphatic heterocycles. The fourth-order valence-corrected chi connectivity index (χ4v) is 11.2. The molecule has 5 aromatic heterocycles. The molecule has 0 saturated carbocycles. The van der Waals surface area contributed by atoms with Crippen LogP contribution in [0.15, 0.2) is 49.3 Å². The minimum atomic E-state index is 0.0846. The summed E-state index contributed by atoms with van der Waals surface area (Å²) in [6, 6.07) is 8.38. The number of nitrogens with two attached hydrogens (primary N) is 1. The quantitative estimate of drug-likeness (QED) is 0.0492. The van der Waals surface area contributed by atoms with Gasteiger partial charge in [-0.3, -0.25) is 0 Å². The van der Waals surface area contributed by atoms with Crippen LogP contribution in [0.4, 0.5) is 29.2 Å². The number of imidazole rings is 2. The number of benzene rings is 2. The van der Waals surface area contributed by atoms with E-state index in [-0.39, 0.29) is 35.9 Å². The van der Waals surface area contributed by atoms with Gasteiger partial charge in [-0.25, -0.2) is 34.9 Å².